The zero-order valence-corrected chi connectivity index (χ0v) is 11.6. The maximum absolute atomic E-state index is 13.8. The molecule has 0 aliphatic carbocycles. The van der Waals surface area contributed by atoms with E-state index in [2.05, 4.69) is 20.9 Å². The summed E-state index contributed by atoms with van der Waals surface area (Å²) in [6.45, 7) is 0. The SMILES string of the molecule is N#Cc1cccc(CSc2ncccc2Br)c1F. The van der Waals surface area contributed by atoms with E-state index in [0.29, 0.717) is 11.3 Å². The van der Waals surface area contributed by atoms with E-state index in [0.717, 1.165) is 9.50 Å². The average molecular weight is 323 g/mol. The van der Waals surface area contributed by atoms with Gasteiger partial charge in [0.15, 0.2) is 0 Å². The lowest BCUT2D eigenvalue weighted by atomic mass is 10.1. The van der Waals surface area contributed by atoms with E-state index in [-0.39, 0.29) is 5.56 Å². The smallest absolute Gasteiger partial charge is 0.144 e. The number of benzene rings is 1. The molecule has 2 nitrogen and oxygen atoms in total. The predicted molar refractivity (Wildman–Crippen MR) is 72.6 cm³/mol. The first-order valence-electron chi connectivity index (χ1n) is 5.13. The molecule has 0 unspecified atom stereocenters. The van der Waals surface area contributed by atoms with Crippen LogP contribution in [0.3, 0.4) is 0 Å². The quantitative estimate of drug-likeness (QED) is 0.796. The number of thioether (sulfide) groups is 1. The van der Waals surface area contributed by atoms with E-state index in [1.165, 1.54) is 17.8 Å². The van der Waals surface area contributed by atoms with Crippen molar-refractivity contribution in [1.29, 1.82) is 5.26 Å². The monoisotopic (exact) mass is 322 g/mol. The maximum Gasteiger partial charge on any atom is 0.144 e. The number of rotatable bonds is 3. The molecule has 2 aromatic rings. The Morgan fingerprint density at radius 3 is 2.89 bits per heavy atom. The molecular formula is C13H8BrFN2S. The van der Waals surface area contributed by atoms with E-state index in [9.17, 15) is 4.39 Å². The number of hydrogen-bond acceptors (Lipinski definition) is 3. The second-order valence-electron chi connectivity index (χ2n) is 3.47. The van der Waals surface area contributed by atoms with Gasteiger partial charge in [0, 0.05) is 16.4 Å². The summed E-state index contributed by atoms with van der Waals surface area (Å²) in [6, 6.07) is 10.4. The predicted octanol–water partition coefficient (Wildman–Crippen LogP) is 4.15. The van der Waals surface area contributed by atoms with E-state index >= 15 is 0 Å². The highest BCUT2D eigenvalue weighted by Crippen LogP contribution is 2.28. The van der Waals surface area contributed by atoms with Crippen LogP contribution >= 0.6 is 27.7 Å². The Kier molecular flexibility index (Phi) is 4.34. The van der Waals surface area contributed by atoms with E-state index in [1.807, 2.05) is 18.2 Å². The lowest BCUT2D eigenvalue weighted by molar-refractivity contribution is 0.613. The molecule has 18 heavy (non-hydrogen) atoms. The average Bonchev–Trinajstić information content (AvgIpc) is 2.39. The zero-order valence-electron chi connectivity index (χ0n) is 9.23. The molecule has 0 radical (unpaired) electrons. The van der Waals surface area contributed by atoms with Crippen molar-refractivity contribution < 1.29 is 4.39 Å². The third-order valence-electron chi connectivity index (χ3n) is 2.29. The largest absolute Gasteiger partial charge is 0.249 e. The van der Waals surface area contributed by atoms with Gasteiger partial charge in [-0.2, -0.15) is 5.26 Å². The number of aromatic nitrogens is 1. The Morgan fingerprint density at radius 1 is 1.33 bits per heavy atom. The van der Waals surface area contributed by atoms with Crippen LogP contribution in [0.4, 0.5) is 4.39 Å². The fraction of sp³-hybridized carbons (Fsp3) is 0.0769. The highest BCUT2D eigenvalue weighted by atomic mass is 79.9. The van der Waals surface area contributed by atoms with Gasteiger partial charge in [-0.1, -0.05) is 12.1 Å². The number of halogens is 2. The molecule has 0 saturated carbocycles. The van der Waals surface area contributed by atoms with Crippen LogP contribution in [0.2, 0.25) is 0 Å². The van der Waals surface area contributed by atoms with Gasteiger partial charge in [0.2, 0.25) is 0 Å². The van der Waals surface area contributed by atoms with Crippen LogP contribution in [0.15, 0.2) is 46.0 Å². The second-order valence-corrected chi connectivity index (χ2v) is 5.29. The molecule has 0 atom stereocenters. The third-order valence-corrected chi connectivity index (χ3v) is 4.24. The van der Waals surface area contributed by atoms with Crippen LogP contribution in [0.1, 0.15) is 11.1 Å². The first-order valence-corrected chi connectivity index (χ1v) is 6.91. The maximum atomic E-state index is 13.8. The lowest BCUT2D eigenvalue weighted by Gasteiger charge is -2.05. The molecule has 0 bridgehead atoms. The third kappa shape index (κ3) is 2.89. The minimum absolute atomic E-state index is 0.0770. The van der Waals surface area contributed by atoms with E-state index < -0.39 is 5.82 Å². The van der Waals surface area contributed by atoms with Crippen molar-refractivity contribution in [1.82, 2.24) is 4.98 Å². The molecule has 1 aromatic heterocycles. The van der Waals surface area contributed by atoms with Gasteiger partial charge in [0.1, 0.15) is 16.9 Å². The molecule has 1 aromatic carbocycles. The van der Waals surface area contributed by atoms with Gasteiger partial charge >= 0.3 is 0 Å². The van der Waals surface area contributed by atoms with Crippen LogP contribution < -0.4 is 0 Å². The number of nitrogens with zero attached hydrogens (tertiary/aromatic N) is 2. The van der Waals surface area contributed by atoms with Crippen molar-refractivity contribution in [3.8, 4) is 6.07 Å². The first kappa shape index (κ1) is 13.1. The molecule has 0 spiro atoms. The van der Waals surface area contributed by atoms with Gasteiger partial charge in [0.05, 0.1) is 5.56 Å². The Morgan fingerprint density at radius 2 is 2.17 bits per heavy atom. The minimum atomic E-state index is -0.445. The van der Waals surface area contributed by atoms with Crippen LogP contribution in [0.25, 0.3) is 0 Å². The molecular weight excluding hydrogens is 315 g/mol. The molecule has 0 aliphatic rings. The van der Waals surface area contributed by atoms with Crippen LogP contribution in [0.5, 0.6) is 0 Å². The normalized spacial score (nSPS) is 10.1. The molecule has 1 heterocycles. The summed E-state index contributed by atoms with van der Waals surface area (Å²) < 4.78 is 14.7. The molecule has 90 valence electrons. The topological polar surface area (TPSA) is 36.7 Å². The first-order chi connectivity index (χ1) is 8.72. The van der Waals surface area contributed by atoms with Crippen molar-refractivity contribution >= 4 is 27.7 Å². The molecule has 0 N–H and O–H groups in total. The van der Waals surface area contributed by atoms with Crippen LogP contribution in [-0.2, 0) is 5.75 Å². The van der Waals surface area contributed by atoms with Crippen molar-refractivity contribution in [3.05, 3.63) is 57.9 Å². The highest BCUT2D eigenvalue weighted by molar-refractivity contribution is 9.10. The van der Waals surface area contributed by atoms with Crippen molar-refractivity contribution in [2.24, 2.45) is 0 Å². The number of hydrogen-bond donors (Lipinski definition) is 0. The van der Waals surface area contributed by atoms with Crippen LogP contribution in [0, 0.1) is 17.1 Å². The number of nitriles is 1. The lowest BCUT2D eigenvalue weighted by Crippen LogP contribution is -1.92. The Hall–Kier alpha value is -1.38. The summed E-state index contributed by atoms with van der Waals surface area (Å²) in [7, 11) is 0. The van der Waals surface area contributed by atoms with E-state index in [4.69, 9.17) is 5.26 Å². The van der Waals surface area contributed by atoms with Gasteiger partial charge in [-0.15, -0.1) is 11.8 Å². The summed E-state index contributed by atoms with van der Waals surface area (Å²) in [5.41, 5.74) is 0.588. The summed E-state index contributed by atoms with van der Waals surface area (Å²) in [6.07, 6.45) is 1.69. The summed E-state index contributed by atoms with van der Waals surface area (Å²) in [5.74, 6) is -0.00342. The Labute approximate surface area is 117 Å². The van der Waals surface area contributed by atoms with Gasteiger partial charge in [-0.3, -0.25) is 0 Å². The molecule has 0 fully saturated rings. The van der Waals surface area contributed by atoms with E-state index in [1.54, 1.807) is 18.3 Å². The molecule has 0 saturated heterocycles. The number of pyridine rings is 1. The van der Waals surface area contributed by atoms with Gasteiger partial charge < -0.3 is 0 Å². The van der Waals surface area contributed by atoms with Crippen LogP contribution in [-0.4, -0.2) is 4.98 Å². The molecule has 0 aliphatic heterocycles. The molecule has 5 heteroatoms. The van der Waals surface area contributed by atoms with Crippen molar-refractivity contribution in [2.75, 3.05) is 0 Å². The highest BCUT2D eigenvalue weighted by Gasteiger charge is 2.09. The Bertz CT molecular complexity index is 610. The molecule has 0 amide bonds. The van der Waals surface area contributed by atoms with Crippen molar-refractivity contribution in [3.63, 3.8) is 0 Å². The molecule has 2 rings (SSSR count). The Balaban J connectivity index is 2.17. The minimum Gasteiger partial charge on any atom is -0.249 e. The fourth-order valence-corrected chi connectivity index (χ4v) is 2.86. The van der Waals surface area contributed by atoms with Gasteiger partial charge in [-0.25, -0.2) is 9.37 Å². The second kappa shape index (κ2) is 5.98. The zero-order chi connectivity index (χ0) is 13.0. The van der Waals surface area contributed by atoms with Gasteiger partial charge in [-0.05, 0) is 39.7 Å². The summed E-state index contributed by atoms with van der Waals surface area (Å²) in [4.78, 5) is 4.19. The van der Waals surface area contributed by atoms with Crippen molar-refractivity contribution in [2.45, 2.75) is 10.8 Å². The van der Waals surface area contributed by atoms with Gasteiger partial charge in [0.25, 0.3) is 0 Å². The summed E-state index contributed by atoms with van der Waals surface area (Å²) in [5, 5.41) is 9.56. The summed E-state index contributed by atoms with van der Waals surface area (Å²) >= 11 is 4.81. The standard InChI is InChI=1S/C13H8BrFN2S/c14-11-5-2-6-17-13(11)18-8-10-4-1-3-9(7-16)12(10)15/h1-6H,8H2. The fourth-order valence-electron chi connectivity index (χ4n) is 1.40.